The Morgan fingerprint density at radius 3 is 0.895 bits per heavy atom. The van der Waals surface area contributed by atoms with E-state index in [0.29, 0.717) is 0 Å². The van der Waals surface area contributed by atoms with Crippen LogP contribution >= 0.6 is 0 Å². The third-order valence-electron chi connectivity index (χ3n) is 3.94. The van der Waals surface area contributed by atoms with Crippen LogP contribution in [0.15, 0.2) is 0 Å². The second kappa shape index (κ2) is 16.3. The van der Waals surface area contributed by atoms with Crippen molar-refractivity contribution in [2.75, 3.05) is 26.2 Å². The summed E-state index contributed by atoms with van der Waals surface area (Å²) in [7, 11) is 0. The molecular formula is C16H39ClN2. The van der Waals surface area contributed by atoms with Gasteiger partial charge in [-0.15, -0.1) is 0 Å². The van der Waals surface area contributed by atoms with Gasteiger partial charge in [-0.25, -0.2) is 0 Å². The fourth-order valence-electron chi connectivity index (χ4n) is 2.64. The van der Waals surface area contributed by atoms with Gasteiger partial charge in [0, 0.05) is 0 Å². The van der Waals surface area contributed by atoms with Crippen molar-refractivity contribution < 1.29 is 16.9 Å². The van der Waals surface area contributed by atoms with E-state index >= 15 is 0 Å². The lowest BCUT2D eigenvalue weighted by molar-refractivity contribution is -0.929. The third-order valence-corrected chi connectivity index (χ3v) is 3.94. The molecule has 0 saturated heterocycles. The van der Waals surface area contributed by atoms with Crippen molar-refractivity contribution in [2.24, 2.45) is 0 Å². The van der Waals surface area contributed by atoms with E-state index in [9.17, 15) is 0 Å². The molecule has 0 bridgehead atoms. The highest BCUT2D eigenvalue weighted by Crippen LogP contribution is 2.16. The van der Waals surface area contributed by atoms with Crippen LogP contribution in [0.3, 0.4) is 0 Å². The van der Waals surface area contributed by atoms with Crippen LogP contribution in [0.5, 0.6) is 0 Å². The van der Waals surface area contributed by atoms with Gasteiger partial charge in [-0.3, -0.25) is 0 Å². The van der Waals surface area contributed by atoms with Crippen LogP contribution in [-0.2, 0) is 0 Å². The van der Waals surface area contributed by atoms with Crippen LogP contribution in [0.1, 0.15) is 79.1 Å². The molecule has 19 heavy (non-hydrogen) atoms. The van der Waals surface area contributed by atoms with Gasteiger partial charge in [0.2, 0.25) is 0 Å². The summed E-state index contributed by atoms with van der Waals surface area (Å²) in [5.41, 5.74) is 0. The summed E-state index contributed by atoms with van der Waals surface area (Å²) in [4.78, 5) is 0. The molecule has 0 radical (unpaired) electrons. The van der Waals surface area contributed by atoms with E-state index in [1.807, 2.05) is 0 Å². The van der Waals surface area contributed by atoms with E-state index in [1.165, 1.54) is 82.0 Å². The van der Waals surface area contributed by atoms with Gasteiger partial charge < -0.3 is 23.0 Å². The van der Waals surface area contributed by atoms with Crippen molar-refractivity contribution in [2.45, 2.75) is 79.1 Å². The fourth-order valence-corrected chi connectivity index (χ4v) is 2.64. The molecule has 0 heterocycles. The maximum atomic E-state index is 2.33. The Kier molecular flexibility index (Phi) is 20.8. The Balaban J connectivity index is -0.00000128. The van der Waals surface area contributed by atoms with Crippen LogP contribution < -0.4 is 18.6 Å². The second-order valence-corrected chi connectivity index (χ2v) is 5.65. The van der Waals surface area contributed by atoms with Crippen molar-refractivity contribution in [3.05, 3.63) is 0 Å². The number of nitrogens with zero attached hydrogens (tertiary/aromatic N) is 1. The zero-order valence-corrected chi connectivity index (χ0v) is 14.8. The van der Waals surface area contributed by atoms with Crippen LogP contribution in [0, 0.1) is 0 Å². The molecule has 120 valence electrons. The Bertz CT molecular complexity index is 125. The van der Waals surface area contributed by atoms with Gasteiger partial charge in [0.25, 0.3) is 0 Å². The monoisotopic (exact) mass is 294 g/mol. The summed E-state index contributed by atoms with van der Waals surface area (Å²) in [6.07, 6.45) is 11.1. The standard InChI is InChI=1S/C16H36N.ClH.H3N/c1-5-9-13-17(14-10-6-2,15-11-7-3)16-12-8-4;;/h5-16H2,1-4H3;1H;1H3/q+1;;/p-1. The maximum absolute atomic E-state index is 2.33. The van der Waals surface area contributed by atoms with Crippen molar-refractivity contribution in [1.29, 1.82) is 0 Å². The zero-order chi connectivity index (χ0) is 13.0. The Morgan fingerprint density at radius 1 is 0.526 bits per heavy atom. The molecular weight excluding hydrogens is 256 g/mol. The van der Waals surface area contributed by atoms with Crippen LogP contribution in [0.25, 0.3) is 0 Å². The molecule has 0 saturated carbocycles. The van der Waals surface area contributed by atoms with E-state index in [4.69, 9.17) is 0 Å². The number of quaternary nitrogens is 1. The predicted molar refractivity (Wildman–Crippen MR) is 84.4 cm³/mol. The molecule has 0 spiro atoms. The molecule has 0 aromatic carbocycles. The van der Waals surface area contributed by atoms with Gasteiger partial charge in [0.1, 0.15) is 0 Å². The minimum Gasteiger partial charge on any atom is -1.00 e. The van der Waals surface area contributed by atoms with Crippen molar-refractivity contribution >= 4 is 0 Å². The molecule has 0 aliphatic carbocycles. The highest BCUT2D eigenvalue weighted by Gasteiger charge is 2.24. The number of hydrogen-bond acceptors (Lipinski definition) is 1. The molecule has 0 amide bonds. The highest BCUT2D eigenvalue weighted by molar-refractivity contribution is 4.49. The van der Waals surface area contributed by atoms with E-state index in [1.54, 1.807) is 0 Å². The summed E-state index contributed by atoms with van der Waals surface area (Å²) in [6.45, 7) is 15.0. The van der Waals surface area contributed by atoms with E-state index in [0.717, 1.165) is 0 Å². The number of hydrogen-bond donors (Lipinski definition) is 1. The van der Waals surface area contributed by atoms with Gasteiger partial charge in [-0.05, 0) is 25.7 Å². The van der Waals surface area contributed by atoms with Crippen LogP contribution in [0.2, 0.25) is 0 Å². The predicted octanol–water partition coefficient (Wildman–Crippen LogP) is 2.17. The average Bonchev–Trinajstić information content (AvgIpc) is 2.37. The largest absolute Gasteiger partial charge is 1.00 e. The van der Waals surface area contributed by atoms with Gasteiger partial charge in [-0.2, -0.15) is 0 Å². The first-order chi connectivity index (χ1) is 8.24. The molecule has 3 N–H and O–H groups in total. The number of unbranched alkanes of at least 4 members (excludes halogenated alkanes) is 4. The Hall–Kier alpha value is 0.210. The lowest BCUT2D eigenvalue weighted by Gasteiger charge is -2.39. The second-order valence-electron chi connectivity index (χ2n) is 5.65. The number of rotatable bonds is 12. The molecule has 0 fully saturated rings. The first-order valence-electron chi connectivity index (χ1n) is 8.09. The summed E-state index contributed by atoms with van der Waals surface area (Å²) in [5.74, 6) is 0. The van der Waals surface area contributed by atoms with Gasteiger partial charge in [0.15, 0.2) is 0 Å². The lowest BCUT2D eigenvalue weighted by atomic mass is 10.1. The van der Waals surface area contributed by atoms with Gasteiger partial charge >= 0.3 is 0 Å². The topological polar surface area (TPSA) is 35.0 Å². The van der Waals surface area contributed by atoms with E-state index in [-0.39, 0.29) is 18.6 Å². The molecule has 0 rings (SSSR count). The maximum Gasteiger partial charge on any atom is 0.0786 e. The molecule has 2 nitrogen and oxygen atoms in total. The molecule has 0 aromatic heterocycles. The minimum absolute atomic E-state index is 0. The summed E-state index contributed by atoms with van der Waals surface area (Å²) < 4.78 is 1.42. The summed E-state index contributed by atoms with van der Waals surface area (Å²) in [6, 6.07) is 0. The highest BCUT2D eigenvalue weighted by atomic mass is 35.5. The van der Waals surface area contributed by atoms with Crippen molar-refractivity contribution in [3.63, 3.8) is 0 Å². The Morgan fingerprint density at radius 2 is 0.737 bits per heavy atom. The first-order valence-corrected chi connectivity index (χ1v) is 8.09. The summed E-state index contributed by atoms with van der Waals surface area (Å²) in [5, 5.41) is 0. The first kappa shape index (κ1) is 24.2. The van der Waals surface area contributed by atoms with Gasteiger partial charge in [-0.1, -0.05) is 53.4 Å². The minimum atomic E-state index is 0. The molecule has 0 aliphatic heterocycles. The van der Waals surface area contributed by atoms with Crippen LogP contribution in [-0.4, -0.2) is 30.7 Å². The smallest absolute Gasteiger partial charge is 0.0786 e. The van der Waals surface area contributed by atoms with Crippen molar-refractivity contribution in [1.82, 2.24) is 6.15 Å². The van der Waals surface area contributed by atoms with Crippen LogP contribution in [0.4, 0.5) is 0 Å². The lowest BCUT2D eigenvalue weighted by Crippen LogP contribution is -3.00. The quantitative estimate of drug-likeness (QED) is 0.550. The van der Waals surface area contributed by atoms with E-state index < -0.39 is 0 Å². The fraction of sp³-hybridized carbons (Fsp3) is 1.00. The van der Waals surface area contributed by atoms with E-state index in [2.05, 4.69) is 27.7 Å². The Labute approximate surface area is 128 Å². The average molecular weight is 295 g/mol. The number of halogens is 1. The SMILES string of the molecule is CCCC[N+](CCCC)(CCCC)CCCC.N.[Cl-]. The zero-order valence-electron chi connectivity index (χ0n) is 14.0. The van der Waals surface area contributed by atoms with Gasteiger partial charge in [0.05, 0.1) is 26.2 Å². The third kappa shape index (κ3) is 11.7. The molecule has 0 atom stereocenters. The summed E-state index contributed by atoms with van der Waals surface area (Å²) >= 11 is 0. The van der Waals surface area contributed by atoms with Crippen molar-refractivity contribution in [3.8, 4) is 0 Å². The normalized spacial score (nSPS) is 10.7. The molecule has 3 heteroatoms. The molecule has 0 aromatic rings. The molecule has 0 unspecified atom stereocenters. The molecule has 0 aliphatic rings.